The highest BCUT2D eigenvalue weighted by Gasteiger charge is 2.17. The maximum absolute atomic E-state index is 2.34. The largest absolute Gasteiger partial charge is 0.343 e. The number of rotatable bonds is 3. The summed E-state index contributed by atoms with van der Waals surface area (Å²) in [7, 11) is 2.18. The van der Waals surface area contributed by atoms with E-state index in [0.29, 0.717) is 0 Å². The molecule has 0 unspecified atom stereocenters. The van der Waals surface area contributed by atoms with Crippen LogP contribution < -0.4 is 0 Å². The summed E-state index contributed by atoms with van der Waals surface area (Å²) in [6, 6.07) is 34.9. The molecule has 0 fully saturated rings. The van der Waals surface area contributed by atoms with Crippen LogP contribution in [0.15, 0.2) is 97.1 Å². The molecule has 0 saturated carbocycles. The third-order valence-corrected chi connectivity index (χ3v) is 5.46. The summed E-state index contributed by atoms with van der Waals surface area (Å²) in [5.74, 6) is 0. The number of fused-ring (bicyclic) bond motifs is 2. The van der Waals surface area contributed by atoms with Crippen molar-refractivity contribution in [2.24, 2.45) is 7.05 Å². The molecular weight excluding hydrogens is 326 g/mol. The highest BCUT2D eigenvalue weighted by molar-refractivity contribution is 5.94. The Morgan fingerprint density at radius 3 is 2.22 bits per heavy atom. The van der Waals surface area contributed by atoms with Crippen molar-refractivity contribution in [3.63, 3.8) is 0 Å². The third kappa shape index (κ3) is 2.72. The van der Waals surface area contributed by atoms with Gasteiger partial charge in [0.05, 0.1) is 5.69 Å². The average molecular weight is 347 g/mol. The Hall–Kier alpha value is -3.32. The van der Waals surface area contributed by atoms with Crippen molar-refractivity contribution in [1.29, 1.82) is 0 Å². The van der Waals surface area contributed by atoms with Crippen LogP contribution >= 0.6 is 0 Å². The molecule has 1 heteroatoms. The monoisotopic (exact) mass is 347 g/mol. The molecule has 1 aromatic heterocycles. The van der Waals surface area contributed by atoms with Gasteiger partial charge in [-0.25, -0.2) is 0 Å². The van der Waals surface area contributed by atoms with Gasteiger partial charge in [-0.05, 0) is 39.6 Å². The summed E-state index contributed by atoms with van der Waals surface area (Å²) in [5.41, 5.74) is 6.61. The highest BCUT2D eigenvalue weighted by atomic mass is 14.9. The molecule has 0 saturated heterocycles. The molecule has 0 amide bonds. The standard InChI is InChI=1S/C26H21N/c1-27-25-14-8-7-13-23(25)24(17-19-9-3-2-4-10-19)26(27)22-16-15-20-11-5-6-12-21(20)18-22/h2-16,18H,17H2,1H3. The lowest BCUT2D eigenvalue weighted by molar-refractivity contribution is 0.968. The molecule has 0 aliphatic rings. The van der Waals surface area contributed by atoms with Crippen LogP contribution in [0.2, 0.25) is 0 Å². The number of aryl methyl sites for hydroxylation is 1. The van der Waals surface area contributed by atoms with Crippen molar-refractivity contribution in [3.8, 4) is 11.3 Å². The van der Waals surface area contributed by atoms with Gasteiger partial charge in [-0.2, -0.15) is 0 Å². The van der Waals surface area contributed by atoms with E-state index in [9.17, 15) is 0 Å². The van der Waals surface area contributed by atoms with Crippen molar-refractivity contribution < 1.29 is 0 Å². The predicted octanol–water partition coefficient (Wildman–Crippen LogP) is 6.59. The number of benzene rings is 4. The Labute approximate surface area is 159 Å². The molecule has 0 atom stereocenters. The first-order valence-electron chi connectivity index (χ1n) is 9.40. The summed E-state index contributed by atoms with van der Waals surface area (Å²) in [6.07, 6.45) is 0.935. The van der Waals surface area contributed by atoms with E-state index in [1.165, 1.54) is 44.1 Å². The zero-order chi connectivity index (χ0) is 18.2. The van der Waals surface area contributed by atoms with Gasteiger partial charge in [-0.15, -0.1) is 0 Å². The highest BCUT2D eigenvalue weighted by Crippen LogP contribution is 2.35. The number of hydrogen-bond acceptors (Lipinski definition) is 0. The Kier molecular flexibility index (Phi) is 3.79. The minimum absolute atomic E-state index is 0.935. The fourth-order valence-electron chi connectivity index (χ4n) is 4.16. The molecule has 1 heterocycles. The molecule has 1 nitrogen and oxygen atoms in total. The molecule has 0 spiro atoms. The molecule has 4 aromatic carbocycles. The molecule has 0 aliphatic carbocycles. The third-order valence-electron chi connectivity index (χ3n) is 5.46. The van der Waals surface area contributed by atoms with E-state index in [4.69, 9.17) is 0 Å². The molecule has 27 heavy (non-hydrogen) atoms. The summed E-state index contributed by atoms with van der Waals surface area (Å²) in [4.78, 5) is 0. The van der Waals surface area contributed by atoms with E-state index in [0.717, 1.165) is 6.42 Å². The van der Waals surface area contributed by atoms with Crippen LogP contribution in [0.4, 0.5) is 0 Å². The Morgan fingerprint density at radius 1 is 0.667 bits per heavy atom. The van der Waals surface area contributed by atoms with Crippen molar-refractivity contribution in [1.82, 2.24) is 4.57 Å². The number of nitrogens with zero attached hydrogens (tertiary/aromatic N) is 1. The molecule has 5 rings (SSSR count). The first-order chi connectivity index (χ1) is 13.3. The molecule has 5 aromatic rings. The second-order valence-corrected chi connectivity index (χ2v) is 7.13. The number of aromatic nitrogens is 1. The summed E-state index contributed by atoms with van der Waals surface area (Å²) >= 11 is 0. The summed E-state index contributed by atoms with van der Waals surface area (Å²) < 4.78 is 2.34. The van der Waals surface area contributed by atoms with Gasteiger partial charge in [-0.1, -0.05) is 84.9 Å². The molecule has 0 N–H and O–H groups in total. The quantitative estimate of drug-likeness (QED) is 0.347. The van der Waals surface area contributed by atoms with Gasteiger partial charge in [0, 0.05) is 24.4 Å². The first kappa shape index (κ1) is 15.9. The van der Waals surface area contributed by atoms with Crippen molar-refractivity contribution in [2.45, 2.75) is 6.42 Å². The Bertz CT molecular complexity index is 1250. The van der Waals surface area contributed by atoms with Gasteiger partial charge >= 0.3 is 0 Å². The number of para-hydroxylation sites is 1. The van der Waals surface area contributed by atoms with Gasteiger partial charge in [0.1, 0.15) is 0 Å². The van der Waals surface area contributed by atoms with Gasteiger partial charge in [0.15, 0.2) is 0 Å². The maximum atomic E-state index is 2.34. The molecule has 130 valence electrons. The van der Waals surface area contributed by atoms with E-state index < -0.39 is 0 Å². The van der Waals surface area contributed by atoms with Crippen molar-refractivity contribution in [2.75, 3.05) is 0 Å². The second kappa shape index (κ2) is 6.44. The van der Waals surface area contributed by atoms with Crippen molar-refractivity contribution in [3.05, 3.63) is 108 Å². The first-order valence-corrected chi connectivity index (χ1v) is 9.40. The van der Waals surface area contributed by atoms with Crippen LogP contribution in [0.1, 0.15) is 11.1 Å². The SMILES string of the molecule is Cn1c(-c2ccc3ccccc3c2)c(Cc2ccccc2)c2ccccc21. The van der Waals surface area contributed by atoms with E-state index in [2.05, 4.69) is 109 Å². The zero-order valence-corrected chi connectivity index (χ0v) is 15.4. The fourth-order valence-corrected chi connectivity index (χ4v) is 4.16. The normalized spacial score (nSPS) is 11.3. The van der Waals surface area contributed by atoms with Crippen LogP contribution in [-0.2, 0) is 13.5 Å². The summed E-state index contributed by atoms with van der Waals surface area (Å²) in [6.45, 7) is 0. The Morgan fingerprint density at radius 2 is 1.37 bits per heavy atom. The minimum Gasteiger partial charge on any atom is -0.343 e. The van der Waals surface area contributed by atoms with Crippen LogP contribution in [-0.4, -0.2) is 4.57 Å². The maximum Gasteiger partial charge on any atom is 0.0524 e. The van der Waals surface area contributed by atoms with E-state index in [1.54, 1.807) is 0 Å². The van der Waals surface area contributed by atoms with Gasteiger partial charge in [0.25, 0.3) is 0 Å². The van der Waals surface area contributed by atoms with Crippen LogP contribution in [0.3, 0.4) is 0 Å². The fraction of sp³-hybridized carbons (Fsp3) is 0.0769. The summed E-state index contributed by atoms with van der Waals surface area (Å²) in [5, 5.41) is 3.91. The average Bonchev–Trinajstić information content (AvgIpc) is 3.00. The van der Waals surface area contributed by atoms with E-state index >= 15 is 0 Å². The van der Waals surface area contributed by atoms with Gasteiger partial charge < -0.3 is 4.57 Å². The second-order valence-electron chi connectivity index (χ2n) is 7.13. The van der Waals surface area contributed by atoms with Gasteiger partial charge in [0.2, 0.25) is 0 Å². The lowest BCUT2D eigenvalue weighted by atomic mass is 9.97. The smallest absolute Gasteiger partial charge is 0.0524 e. The minimum atomic E-state index is 0.935. The molecule has 0 bridgehead atoms. The lowest BCUT2D eigenvalue weighted by Gasteiger charge is -2.10. The van der Waals surface area contributed by atoms with Crippen LogP contribution in [0.25, 0.3) is 32.9 Å². The Balaban J connectivity index is 1.77. The van der Waals surface area contributed by atoms with Crippen LogP contribution in [0.5, 0.6) is 0 Å². The topological polar surface area (TPSA) is 4.93 Å². The molecule has 0 aliphatic heterocycles. The molecule has 0 radical (unpaired) electrons. The molecular formula is C26H21N. The lowest BCUT2D eigenvalue weighted by Crippen LogP contribution is -1.95. The van der Waals surface area contributed by atoms with Gasteiger partial charge in [-0.3, -0.25) is 0 Å². The van der Waals surface area contributed by atoms with E-state index in [-0.39, 0.29) is 0 Å². The van der Waals surface area contributed by atoms with E-state index in [1.807, 2.05) is 0 Å². The predicted molar refractivity (Wildman–Crippen MR) is 115 cm³/mol. The zero-order valence-electron chi connectivity index (χ0n) is 15.4. The number of hydrogen-bond donors (Lipinski definition) is 0. The van der Waals surface area contributed by atoms with Crippen LogP contribution in [0, 0.1) is 0 Å². The van der Waals surface area contributed by atoms with Crippen molar-refractivity contribution >= 4 is 21.7 Å².